The van der Waals surface area contributed by atoms with Crippen LogP contribution in [0.4, 0.5) is 5.69 Å². The summed E-state index contributed by atoms with van der Waals surface area (Å²) < 4.78 is 5.16. The van der Waals surface area contributed by atoms with Gasteiger partial charge in [0.2, 0.25) is 0 Å². The lowest BCUT2D eigenvalue weighted by Gasteiger charge is -2.32. The molecule has 6 nitrogen and oxygen atoms in total. The average Bonchev–Trinajstić information content (AvgIpc) is 2.71. The van der Waals surface area contributed by atoms with Gasteiger partial charge in [-0.05, 0) is 41.8 Å². The van der Waals surface area contributed by atoms with Gasteiger partial charge in [-0.3, -0.25) is 4.79 Å². The minimum Gasteiger partial charge on any atom is -0.497 e. The number of amides is 1. The Bertz CT molecular complexity index is 837. The van der Waals surface area contributed by atoms with E-state index in [4.69, 9.17) is 9.57 Å². The molecule has 0 saturated carbocycles. The van der Waals surface area contributed by atoms with Crippen molar-refractivity contribution < 1.29 is 24.3 Å². The Balaban J connectivity index is 1.90. The van der Waals surface area contributed by atoms with E-state index in [0.29, 0.717) is 17.7 Å². The molecule has 3 rings (SSSR count). The molecule has 0 aromatic heterocycles. The lowest BCUT2D eigenvalue weighted by Crippen LogP contribution is -2.43. The van der Waals surface area contributed by atoms with Crippen LogP contribution in [0.5, 0.6) is 5.75 Å². The first-order valence-corrected chi connectivity index (χ1v) is 9.51. The summed E-state index contributed by atoms with van der Waals surface area (Å²) in [5.41, 5.74) is 2.12. The average molecular weight is 387 g/mol. The SMILES string of the molecule is CCC(=O)ON1C(=O)C(Cc2ccc(OC)cc2)Sc2ccc(CO)cc21. The number of aliphatic hydroxyl groups excluding tert-OH is 1. The van der Waals surface area contributed by atoms with Crippen molar-refractivity contribution in [3.8, 4) is 5.75 Å². The number of carbonyl (C=O) groups excluding carboxylic acids is 2. The number of fused-ring (bicyclic) bond motifs is 1. The number of hydrogen-bond donors (Lipinski definition) is 1. The first-order valence-electron chi connectivity index (χ1n) is 8.63. The van der Waals surface area contributed by atoms with Crippen LogP contribution in [-0.4, -0.2) is 29.3 Å². The summed E-state index contributed by atoms with van der Waals surface area (Å²) in [6, 6.07) is 12.8. The summed E-state index contributed by atoms with van der Waals surface area (Å²) in [5.74, 6) is -0.0271. The highest BCUT2D eigenvalue weighted by molar-refractivity contribution is 8.01. The highest BCUT2D eigenvalue weighted by Crippen LogP contribution is 2.41. The molecule has 1 unspecified atom stereocenters. The van der Waals surface area contributed by atoms with Crippen LogP contribution in [-0.2, 0) is 27.5 Å². The van der Waals surface area contributed by atoms with Gasteiger partial charge in [0.1, 0.15) is 5.75 Å². The molecule has 27 heavy (non-hydrogen) atoms. The minimum atomic E-state index is -0.487. The number of methoxy groups -OCH3 is 1. The summed E-state index contributed by atoms with van der Waals surface area (Å²) in [5, 5.41) is 10.0. The Kier molecular flexibility index (Phi) is 6.03. The van der Waals surface area contributed by atoms with Crippen LogP contribution in [0.25, 0.3) is 0 Å². The van der Waals surface area contributed by atoms with Gasteiger partial charge in [-0.25, -0.2) is 4.79 Å². The third kappa shape index (κ3) is 4.26. The summed E-state index contributed by atoms with van der Waals surface area (Å²) in [4.78, 5) is 31.0. The molecule has 7 heteroatoms. The second kappa shape index (κ2) is 8.45. The van der Waals surface area contributed by atoms with Crippen molar-refractivity contribution in [2.45, 2.75) is 36.5 Å². The van der Waals surface area contributed by atoms with E-state index in [0.717, 1.165) is 21.3 Å². The van der Waals surface area contributed by atoms with Crippen molar-refractivity contribution in [2.24, 2.45) is 0 Å². The number of rotatable bonds is 6. The van der Waals surface area contributed by atoms with Gasteiger partial charge >= 0.3 is 5.97 Å². The molecule has 1 aliphatic heterocycles. The first kappa shape index (κ1) is 19.3. The fourth-order valence-electron chi connectivity index (χ4n) is 2.74. The summed E-state index contributed by atoms with van der Waals surface area (Å²) in [6.45, 7) is 1.52. The number of anilines is 1. The second-order valence-corrected chi connectivity index (χ2v) is 7.31. The van der Waals surface area contributed by atoms with E-state index in [2.05, 4.69) is 0 Å². The Morgan fingerprint density at radius 2 is 1.89 bits per heavy atom. The van der Waals surface area contributed by atoms with Gasteiger partial charge in [0.15, 0.2) is 0 Å². The highest BCUT2D eigenvalue weighted by Gasteiger charge is 2.36. The van der Waals surface area contributed by atoms with Crippen molar-refractivity contribution in [1.82, 2.24) is 0 Å². The molecule has 0 bridgehead atoms. The van der Waals surface area contributed by atoms with Gasteiger partial charge < -0.3 is 14.7 Å². The quantitative estimate of drug-likeness (QED) is 0.821. The van der Waals surface area contributed by atoms with Gasteiger partial charge in [-0.1, -0.05) is 25.1 Å². The van der Waals surface area contributed by atoms with Crippen LogP contribution in [0.2, 0.25) is 0 Å². The predicted molar refractivity (Wildman–Crippen MR) is 103 cm³/mol. The molecule has 1 N–H and O–H groups in total. The largest absolute Gasteiger partial charge is 0.497 e. The Labute approximate surface area is 162 Å². The zero-order chi connectivity index (χ0) is 19.4. The maximum absolute atomic E-state index is 13.0. The van der Waals surface area contributed by atoms with E-state index in [9.17, 15) is 14.7 Å². The van der Waals surface area contributed by atoms with Crippen LogP contribution in [0, 0.1) is 0 Å². The summed E-state index contributed by atoms with van der Waals surface area (Å²) in [7, 11) is 1.60. The van der Waals surface area contributed by atoms with E-state index in [-0.39, 0.29) is 18.9 Å². The number of hydrogen-bond acceptors (Lipinski definition) is 6. The first-order chi connectivity index (χ1) is 13.0. The van der Waals surface area contributed by atoms with Crippen molar-refractivity contribution in [1.29, 1.82) is 0 Å². The Hall–Kier alpha value is -2.51. The number of ether oxygens (including phenoxy) is 1. The molecule has 2 aromatic carbocycles. The summed E-state index contributed by atoms with van der Waals surface area (Å²) in [6.07, 6.45) is 0.657. The zero-order valence-corrected chi connectivity index (χ0v) is 16.0. The minimum absolute atomic E-state index is 0.156. The number of nitrogens with zero attached hydrogens (tertiary/aromatic N) is 1. The van der Waals surface area contributed by atoms with Crippen LogP contribution < -0.4 is 9.80 Å². The molecule has 0 fully saturated rings. The van der Waals surface area contributed by atoms with Crippen molar-refractivity contribution >= 4 is 29.3 Å². The van der Waals surface area contributed by atoms with E-state index >= 15 is 0 Å². The third-order valence-corrected chi connectivity index (χ3v) is 5.48. The smallest absolute Gasteiger partial charge is 0.332 e. The number of benzene rings is 2. The van der Waals surface area contributed by atoms with Crippen LogP contribution >= 0.6 is 11.8 Å². The molecule has 0 aliphatic carbocycles. The van der Waals surface area contributed by atoms with Gasteiger partial charge in [-0.2, -0.15) is 0 Å². The molecule has 0 radical (unpaired) electrons. The highest BCUT2D eigenvalue weighted by atomic mass is 32.2. The second-order valence-electron chi connectivity index (χ2n) is 6.07. The third-order valence-electron chi connectivity index (χ3n) is 4.23. The van der Waals surface area contributed by atoms with Crippen LogP contribution in [0.1, 0.15) is 24.5 Å². The molecule has 0 saturated heterocycles. The van der Waals surface area contributed by atoms with E-state index in [1.54, 1.807) is 26.2 Å². The maximum Gasteiger partial charge on any atom is 0.332 e. The number of carbonyl (C=O) groups is 2. The van der Waals surface area contributed by atoms with Gasteiger partial charge in [0.25, 0.3) is 5.91 Å². The molecule has 1 atom stereocenters. The van der Waals surface area contributed by atoms with E-state index < -0.39 is 11.2 Å². The van der Waals surface area contributed by atoms with Gasteiger partial charge in [0.05, 0.1) is 24.7 Å². The van der Waals surface area contributed by atoms with Gasteiger partial charge in [-0.15, -0.1) is 16.8 Å². The molecule has 0 spiro atoms. The molecular weight excluding hydrogens is 366 g/mol. The predicted octanol–water partition coefficient (Wildman–Crippen LogP) is 3.11. The van der Waals surface area contributed by atoms with Crippen molar-refractivity contribution in [3.05, 3.63) is 53.6 Å². The molecule has 2 aromatic rings. The van der Waals surface area contributed by atoms with Crippen LogP contribution in [0.3, 0.4) is 0 Å². The molecule has 1 heterocycles. The fourth-order valence-corrected chi connectivity index (χ4v) is 3.93. The summed E-state index contributed by atoms with van der Waals surface area (Å²) >= 11 is 1.43. The Morgan fingerprint density at radius 1 is 1.19 bits per heavy atom. The standard InChI is InChI=1S/C20H21NO5S/c1-3-19(23)26-21-16-10-14(12-22)6-9-17(16)27-18(20(21)24)11-13-4-7-15(25-2)8-5-13/h4-10,18,22H,3,11-12H2,1-2H3. The van der Waals surface area contributed by atoms with Crippen molar-refractivity contribution in [2.75, 3.05) is 12.2 Å². The Morgan fingerprint density at radius 3 is 2.52 bits per heavy atom. The fraction of sp³-hybridized carbons (Fsp3) is 0.300. The molecular formula is C20H21NO5S. The maximum atomic E-state index is 13.0. The molecule has 1 aliphatic rings. The normalized spacial score (nSPS) is 16.0. The molecule has 1 amide bonds. The van der Waals surface area contributed by atoms with Crippen LogP contribution in [0.15, 0.2) is 47.4 Å². The van der Waals surface area contributed by atoms with E-state index in [1.165, 1.54) is 11.8 Å². The van der Waals surface area contributed by atoms with E-state index in [1.807, 2.05) is 30.3 Å². The number of thioether (sulfide) groups is 1. The molecule has 142 valence electrons. The number of hydroxylamine groups is 1. The number of aliphatic hydroxyl groups is 1. The van der Waals surface area contributed by atoms with Gasteiger partial charge in [0, 0.05) is 11.3 Å². The monoisotopic (exact) mass is 387 g/mol. The lowest BCUT2D eigenvalue weighted by atomic mass is 10.1. The zero-order valence-electron chi connectivity index (χ0n) is 15.2. The van der Waals surface area contributed by atoms with Crippen molar-refractivity contribution in [3.63, 3.8) is 0 Å². The topological polar surface area (TPSA) is 76.1 Å². The lowest BCUT2D eigenvalue weighted by molar-refractivity contribution is -0.150.